The first-order valence-electron chi connectivity index (χ1n) is 4.63. The average molecular weight is 217 g/mol. The Balaban J connectivity index is 3.44. The fourth-order valence-corrected chi connectivity index (χ4v) is 1.60. The predicted molar refractivity (Wildman–Crippen MR) is 56.0 cm³/mol. The van der Waals surface area contributed by atoms with E-state index in [-0.39, 0.29) is 10.7 Å². The van der Waals surface area contributed by atoms with Gasteiger partial charge >= 0.3 is 5.69 Å². The van der Waals surface area contributed by atoms with Crippen molar-refractivity contribution in [2.24, 2.45) is 0 Å². The van der Waals surface area contributed by atoms with Crippen LogP contribution in [0.25, 0.3) is 0 Å². The molecule has 0 aliphatic rings. The van der Waals surface area contributed by atoms with E-state index in [1.807, 2.05) is 6.92 Å². The highest BCUT2D eigenvalue weighted by molar-refractivity contribution is 6.30. The fourth-order valence-electron chi connectivity index (χ4n) is 1.34. The van der Waals surface area contributed by atoms with Crippen LogP contribution in [0.2, 0.25) is 5.15 Å². The number of halogens is 1. The third kappa shape index (κ3) is 1.90. The Labute approximate surface area is 86.5 Å². The van der Waals surface area contributed by atoms with Gasteiger partial charge in [0.15, 0.2) is 0 Å². The lowest BCUT2D eigenvalue weighted by Crippen LogP contribution is -2.36. The summed E-state index contributed by atoms with van der Waals surface area (Å²) in [6, 6.07) is 0. The van der Waals surface area contributed by atoms with E-state index in [0.717, 1.165) is 11.0 Å². The Bertz CT molecular complexity index is 433. The van der Waals surface area contributed by atoms with Crippen LogP contribution in [0.1, 0.15) is 25.8 Å². The Hall–Kier alpha value is -1.03. The molecule has 0 bridgehead atoms. The fraction of sp³-hybridized carbons (Fsp3) is 0.556. The van der Waals surface area contributed by atoms with E-state index in [9.17, 15) is 9.59 Å². The second-order valence-electron chi connectivity index (χ2n) is 3.02. The van der Waals surface area contributed by atoms with Crippen LogP contribution in [-0.4, -0.2) is 9.55 Å². The van der Waals surface area contributed by atoms with Crippen molar-refractivity contribution in [1.82, 2.24) is 9.55 Å². The number of hydrogen-bond acceptors (Lipinski definition) is 2. The third-order valence-electron chi connectivity index (χ3n) is 2.05. The highest BCUT2D eigenvalue weighted by Gasteiger charge is 2.10. The standard InChI is InChI=1S/C9H13ClN2O2/c1-3-5-6-7(10)11-9(14)12(4-2)8(6)13/h3-5H2,1-2H3,(H,11,14). The molecule has 0 saturated heterocycles. The molecule has 5 heteroatoms. The molecule has 0 aromatic carbocycles. The number of nitrogens with one attached hydrogen (secondary N) is 1. The van der Waals surface area contributed by atoms with Crippen LogP contribution >= 0.6 is 11.6 Å². The lowest BCUT2D eigenvalue weighted by Gasteiger charge is -2.05. The van der Waals surface area contributed by atoms with E-state index in [1.165, 1.54) is 0 Å². The zero-order valence-corrected chi connectivity index (χ0v) is 9.02. The predicted octanol–water partition coefficient (Wildman–Crippen LogP) is 1.16. The summed E-state index contributed by atoms with van der Waals surface area (Å²) in [7, 11) is 0. The van der Waals surface area contributed by atoms with Gasteiger partial charge in [0, 0.05) is 6.54 Å². The normalized spacial score (nSPS) is 10.5. The number of rotatable bonds is 3. The molecule has 4 nitrogen and oxygen atoms in total. The first-order valence-corrected chi connectivity index (χ1v) is 5.01. The molecular weight excluding hydrogens is 204 g/mol. The van der Waals surface area contributed by atoms with Gasteiger partial charge in [-0.1, -0.05) is 24.9 Å². The van der Waals surface area contributed by atoms with E-state index in [1.54, 1.807) is 6.92 Å². The lowest BCUT2D eigenvalue weighted by atomic mass is 10.2. The molecule has 0 aliphatic carbocycles. The van der Waals surface area contributed by atoms with Gasteiger partial charge in [-0.3, -0.25) is 14.3 Å². The maximum Gasteiger partial charge on any atom is 0.329 e. The summed E-state index contributed by atoms with van der Waals surface area (Å²) in [6.45, 7) is 4.07. The molecule has 78 valence electrons. The second-order valence-corrected chi connectivity index (χ2v) is 3.40. The average Bonchev–Trinajstić information content (AvgIpc) is 2.12. The first-order chi connectivity index (χ1) is 6.61. The Morgan fingerprint density at radius 3 is 2.50 bits per heavy atom. The van der Waals surface area contributed by atoms with Crippen LogP contribution < -0.4 is 11.2 Å². The quantitative estimate of drug-likeness (QED) is 0.771. The van der Waals surface area contributed by atoms with Gasteiger partial charge in [-0.25, -0.2) is 4.79 Å². The first kappa shape index (κ1) is 11.0. The molecule has 0 atom stereocenters. The largest absolute Gasteiger partial charge is 0.329 e. The number of H-pyrrole nitrogens is 1. The maximum absolute atomic E-state index is 11.7. The zero-order valence-electron chi connectivity index (χ0n) is 8.26. The molecule has 0 radical (unpaired) electrons. The van der Waals surface area contributed by atoms with Crippen LogP contribution in [0.15, 0.2) is 9.59 Å². The molecule has 1 rings (SSSR count). The maximum atomic E-state index is 11.7. The van der Waals surface area contributed by atoms with Crippen molar-refractivity contribution in [3.8, 4) is 0 Å². The molecular formula is C9H13ClN2O2. The van der Waals surface area contributed by atoms with Gasteiger partial charge in [0.25, 0.3) is 5.56 Å². The van der Waals surface area contributed by atoms with Gasteiger partial charge in [-0.15, -0.1) is 0 Å². The number of aromatic nitrogens is 2. The minimum absolute atomic E-state index is 0.173. The van der Waals surface area contributed by atoms with Crippen molar-refractivity contribution in [1.29, 1.82) is 0 Å². The number of aromatic amines is 1. The summed E-state index contributed by atoms with van der Waals surface area (Å²) in [5, 5.41) is 0.173. The molecule has 1 N–H and O–H groups in total. The third-order valence-corrected chi connectivity index (χ3v) is 2.37. The van der Waals surface area contributed by atoms with Gasteiger partial charge in [-0.05, 0) is 13.3 Å². The molecule has 1 aromatic heterocycles. The molecule has 0 aliphatic heterocycles. The zero-order chi connectivity index (χ0) is 10.7. The van der Waals surface area contributed by atoms with E-state index in [0.29, 0.717) is 18.5 Å². The topological polar surface area (TPSA) is 54.9 Å². The molecule has 0 spiro atoms. The van der Waals surface area contributed by atoms with Crippen molar-refractivity contribution < 1.29 is 0 Å². The molecule has 0 unspecified atom stereocenters. The van der Waals surface area contributed by atoms with Crippen molar-refractivity contribution >= 4 is 11.6 Å². The second kappa shape index (κ2) is 4.46. The van der Waals surface area contributed by atoms with Crippen molar-refractivity contribution in [3.05, 3.63) is 31.6 Å². The smallest absolute Gasteiger partial charge is 0.297 e. The van der Waals surface area contributed by atoms with E-state index < -0.39 is 5.69 Å². The molecule has 0 amide bonds. The van der Waals surface area contributed by atoms with Gasteiger partial charge < -0.3 is 0 Å². The highest BCUT2D eigenvalue weighted by Crippen LogP contribution is 2.07. The van der Waals surface area contributed by atoms with E-state index in [2.05, 4.69) is 4.98 Å². The molecule has 0 saturated carbocycles. The summed E-state index contributed by atoms with van der Waals surface area (Å²) in [5.41, 5.74) is -0.221. The summed E-state index contributed by atoms with van der Waals surface area (Å²) in [6.07, 6.45) is 1.42. The van der Waals surface area contributed by atoms with Gasteiger partial charge in [0.05, 0.1) is 5.56 Å². The minimum atomic E-state index is -0.442. The van der Waals surface area contributed by atoms with Crippen LogP contribution in [0.4, 0.5) is 0 Å². The molecule has 0 fully saturated rings. The molecule has 1 aromatic rings. The highest BCUT2D eigenvalue weighted by atomic mass is 35.5. The number of hydrogen-bond donors (Lipinski definition) is 1. The Morgan fingerprint density at radius 2 is 2.00 bits per heavy atom. The number of nitrogens with zero attached hydrogens (tertiary/aromatic N) is 1. The summed E-state index contributed by atoms with van der Waals surface area (Å²) < 4.78 is 1.15. The summed E-state index contributed by atoms with van der Waals surface area (Å²) in [4.78, 5) is 25.4. The molecule has 1 heterocycles. The van der Waals surface area contributed by atoms with E-state index >= 15 is 0 Å². The van der Waals surface area contributed by atoms with Crippen LogP contribution in [-0.2, 0) is 13.0 Å². The Kier molecular flexibility index (Phi) is 3.52. The van der Waals surface area contributed by atoms with Gasteiger partial charge in [0.2, 0.25) is 0 Å². The van der Waals surface area contributed by atoms with Gasteiger partial charge in [-0.2, -0.15) is 0 Å². The SMILES string of the molecule is CCCc1c(Cl)[nH]c(=O)n(CC)c1=O. The van der Waals surface area contributed by atoms with Crippen molar-refractivity contribution in [2.75, 3.05) is 0 Å². The van der Waals surface area contributed by atoms with Gasteiger partial charge in [0.1, 0.15) is 5.15 Å². The van der Waals surface area contributed by atoms with Crippen molar-refractivity contribution in [3.63, 3.8) is 0 Å². The lowest BCUT2D eigenvalue weighted by molar-refractivity contribution is 0.657. The summed E-state index contributed by atoms with van der Waals surface area (Å²) >= 11 is 5.77. The summed E-state index contributed by atoms with van der Waals surface area (Å²) in [5.74, 6) is 0. The van der Waals surface area contributed by atoms with Crippen molar-refractivity contribution in [2.45, 2.75) is 33.2 Å². The Morgan fingerprint density at radius 1 is 1.36 bits per heavy atom. The van der Waals surface area contributed by atoms with Crippen LogP contribution in [0, 0.1) is 0 Å². The van der Waals surface area contributed by atoms with Crippen LogP contribution in [0.5, 0.6) is 0 Å². The molecule has 14 heavy (non-hydrogen) atoms. The van der Waals surface area contributed by atoms with Crippen LogP contribution in [0.3, 0.4) is 0 Å². The van der Waals surface area contributed by atoms with E-state index in [4.69, 9.17) is 11.6 Å². The minimum Gasteiger partial charge on any atom is -0.297 e. The monoisotopic (exact) mass is 216 g/mol.